The van der Waals surface area contributed by atoms with Gasteiger partial charge in [0.2, 0.25) is 5.91 Å². The van der Waals surface area contributed by atoms with E-state index in [1.165, 1.54) is 25.5 Å². The Hall–Kier alpha value is -1.85. The molecule has 0 atom stereocenters. The SMILES string of the molecule is O=C(Nc1c[nH]c(=O)[nH]c1=O)C12CC3CC(CC(C3)C1)C2. The molecule has 1 heterocycles. The van der Waals surface area contributed by atoms with Gasteiger partial charge in [0.1, 0.15) is 5.69 Å². The van der Waals surface area contributed by atoms with Gasteiger partial charge >= 0.3 is 5.69 Å². The van der Waals surface area contributed by atoms with Gasteiger partial charge < -0.3 is 10.3 Å². The fourth-order valence-corrected chi connectivity index (χ4v) is 5.15. The Morgan fingerprint density at radius 2 is 1.67 bits per heavy atom. The van der Waals surface area contributed by atoms with Crippen molar-refractivity contribution in [2.45, 2.75) is 38.5 Å². The lowest BCUT2D eigenvalue weighted by molar-refractivity contribution is -0.140. The second kappa shape index (κ2) is 4.32. The lowest BCUT2D eigenvalue weighted by atomic mass is 9.49. The molecule has 0 aromatic carbocycles. The summed E-state index contributed by atoms with van der Waals surface area (Å²) in [5, 5.41) is 2.74. The van der Waals surface area contributed by atoms with E-state index < -0.39 is 11.2 Å². The van der Waals surface area contributed by atoms with Crippen molar-refractivity contribution in [2.75, 3.05) is 5.32 Å². The first kappa shape index (κ1) is 12.9. The molecule has 1 aromatic heterocycles. The largest absolute Gasteiger partial charge is 0.325 e. The number of hydrogen-bond donors (Lipinski definition) is 3. The van der Waals surface area contributed by atoms with Crippen LogP contribution in [0.25, 0.3) is 0 Å². The molecule has 1 amide bonds. The third-order valence-electron chi connectivity index (χ3n) is 5.59. The molecule has 6 heteroatoms. The molecular weight excluding hydrogens is 270 g/mol. The maximum Gasteiger partial charge on any atom is 0.325 e. The molecule has 0 aliphatic heterocycles. The predicted octanol–water partition coefficient (Wildman–Crippen LogP) is 1.22. The third kappa shape index (κ3) is 2.04. The Balaban J connectivity index is 1.60. The highest BCUT2D eigenvalue weighted by atomic mass is 16.2. The molecule has 4 fully saturated rings. The van der Waals surface area contributed by atoms with Crippen LogP contribution in [0, 0.1) is 23.2 Å². The standard InChI is InChI=1S/C15H19N3O3/c19-12-11(7-16-14(21)18-12)17-13(20)15-4-8-1-9(5-15)3-10(2-8)6-15/h7-10H,1-6H2,(H,17,20)(H2,16,18,19,21). The number of carbonyl (C=O) groups excluding carboxylic acids is 1. The number of rotatable bonds is 2. The van der Waals surface area contributed by atoms with E-state index >= 15 is 0 Å². The number of aromatic nitrogens is 2. The summed E-state index contributed by atoms with van der Waals surface area (Å²) in [6.45, 7) is 0. The zero-order valence-electron chi connectivity index (χ0n) is 11.8. The molecule has 0 unspecified atom stereocenters. The Morgan fingerprint density at radius 1 is 1.10 bits per heavy atom. The molecule has 21 heavy (non-hydrogen) atoms. The van der Waals surface area contributed by atoms with Crippen molar-refractivity contribution in [3.05, 3.63) is 27.0 Å². The summed E-state index contributed by atoms with van der Waals surface area (Å²) in [5.41, 5.74) is -1.27. The number of nitrogens with one attached hydrogen (secondary N) is 3. The maximum atomic E-state index is 12.7. The molecular formula is C15H19N3O3. The van der Waals surface area contributed by atoms with Crippen molar-refractivity contribution in [3.8, 4) is 0 Å². The molecule has 4 saturated carbocycles. The summed E-state index contributed by atoms with van der Waals surface area (Å²) >= 11 is 0. The number of aromatic amines is 2. The second-order valence-electron chi connectivity index (χ2n) is 7.14. The Kier molecular flexibility index (Phi) is 2.65. The van der Waals surface area contributed by atoms with Gasteiger partial charge in [-0.25, -0.2) is 4.79 Å². The maximum absolute atomic E-state index is 12.7. The highest BCUT2D eigenvalue weighted by Gasteiger charge is 2.54. The van der Waals surface area contributed by atoms with Crippen LogP contribution in [0.4, 0.5) is 5.69 Å². The van der Waals surface area contributed by atoms with Gasteiger partial charge in [-0.1, -0.05) is 0 Å². The molecule has 5 rings (SSSR count). The Labute approximate surface area is 121 Å². The monoisotopic (exact) mass is 289 g/mol. The van der Waals surface area contributed by atoms with E-state index in [4.69, 9.17) is 0 Å². The number of hydrogen-bond acceptors (Lipinski definition) is 3. The molecule has 1 aromatic rings. The molecule has 3 N–H and O–H groups in total. The summed E-state index contributed by atoms with van der Waals surface area (Å²) in [6, 6.07) is 0. The van der Waals surface area contributed by atoms with Crippen LogP contribution in [-0.2, 0) is 4.79 Å². The summed E-state index contributed by atoms with van der Waals surface area (Å²) in [7, 11) is 0. The fourth-order valence-electron chi connectivity index (χ4n) is 5.15. The zero-order chi connectivity index (χ0) is 14.6. The fraction of sp³-hybridized carbons (Fsp3) is 0.667. The van der Waals surface area contributed by atoms with Gasteiger partial charge in [0.05, 0.1) is 5.41 Å². The summed E-state index contributed by atoms with van der Waals surface area (Å²) in [4.78, 5) is 40.0. The van der Waals surface area contributed by atoms with Crippen molar-refractivity contribution >= 4 is 11.6 Å². The van der Waals surface area contributed by atoms with Gasteiger partial charge in [0.15, 0.2) is 0 Å². The first-order chi connectivity index (χ1) is 10.0. The van der Waals surface area contributed by atoms with E-state index in [1.54, 1.807) is 0 Å². The average Bonchev–Trinajstić information content (AvgIpc) is 2.40. The van der Waals surface area contributed by atoms with Gasteiger partial charge in [-0.15, -0.1) is 0 Å². The quantitative estimate of drug-likeness (QED) is 0.764. The van der Waals surface area contributed by atoms with E-state index in [9.17, 15) is 14.4 Å². The second-order valence-corrected chi connectivity index (χ2v) is 7.14. The Morgan fingerprint density at radius 3 is 2.19 bits per heavy atom. The number of H-pyrrole nitrogens is 2. The normalized spacial score (nSPS) is 36.7. The minimum Gasteiger partial charge on any atom is -0.320 e. The van der Waals surface area contributed by atoms with Crippen LogP contribution in [0.1, 0.15) is 38.5 Å². The summed E-state index contributed by atoms with van der Waals surface area (Å²) in [6.07, 6.45) is 7.94. The van der Waals surface area contributed by atoms with Gasteiger partial charge in [0.25, 0.3) is 5.56 Å². The van der Waals surface area contributed by atoms with E-state index in [1.807, 2.05) is 0 Å². The Bertz CT molecular complexity index is 667. The van der Waals surface area contributed by atoms with Crippen LogP contribution in [0.5, 0.6) is 0 Å². The summed E-state index contributed by atoms with van der Waals surface area (Å²) in [5.74, 6) is 1.99. The molecule has 4 aliphatic rings. The number of anilines is 1. The molecule has 0 spiro atoms. The van der Waals surface area contributed by atoms with Crippen molar-refractivity contribution in [2.24, 2.45) is 23.2 Å². The van der Waals surface area contributed by atoms with Crippen molar-refractivity contribution in [3.63, 3.8) is 0 Å². The van der Waals surface area contributed by atoms with Crippen LogP contribution in [-0.4, -0.2) is 15.9 Å². The van der Waals surface area contributed by atoms with Crippen molar-refractivity contribution in [1.82, 2.24) is 9.97 Å². The van der Waals surface area contributed by atoms with Crippen LogP contribution < -0.4 is 16.6 Å². The highest BCUT2D eigenvalue weighted by Crippen LogP contribution is 2.60. The van der Waals surface area contributed by atoms with Crippen LogP contribution in [0.3, 0.4) is 0 Å². The van der Waals surface area contributed by atoms with Gasteiger partial charge in [-0.2, -0.15) is 0 Å². The molecule has 4 aliphatic carbocycles. The van der Waals surface area contributed by atoms with Crippen LogP contribution in [0.15, 0.2) is 15.8 Å². The van der Waals surface area contributed by atoms with Crippen LogP contribution >= 0.6 is 0 Å². The van der Waals surface area contributed by atoms with Gasteiger partial charge in [-0.05, 0) is 56.3 Å². The van der Waals surface area contributed by atoms with E-state index in [-0.39, 0.29) is 17.0 Å². The van der Waals surface area contributed by atoms with E-state index in [0.717, 1.165) is 19.3 Å². The van der Waals surface area contributed by atoms with E-state index in [2.05, 4.69) is 15.3 Å². The first-order valence-corrected chi connectivity index (χ1v) is 7.67. The number of carbonyl (C=O) groups is 1. The molecule has 0 saturated heterocycles. The minimum absolute atomic E-state index is 0.0425. The first-order valence-electron chi connectivity index (χ1n) is 7.67. The predicted molar refractivity (Wildman–Crippen MR) is 76.9 cm³/mol. The van der Waals surface area contributed by atoms with Crippen molar-refractivity contribution < 1.29 is 4.79 Å². The minimum atomic E-state index is -0.562. The van der Waals surface area contributed by atoms with Crippen molar-refractivity contribution in [1.29, 1.82) is 0 Å². The highest BCUT2D eigenvalue weighted by molar-refractivity contribution is 5.95. The zero-order valence-corrected chi connectivity index (χ0v) is 11.8. The van der Waals surface area contributed by atoms with Gasteiger partial charge in [0, 0.05) is 6.20 Å². The topological polar surface area (TPSA) is 94.8 Å². The summed E-state index contributed by atoms with van der Waals surface area (Å²) < 4.78 is 0. The molecule has 6 nitrogen and oxygen atoms in total. The van der Waals surface area contributed by atoms with E-state index in [0.29, 0.717) is 17.8 Å². The average molecular weight is 289 g/mol. The van der Waals surface area contributed by atoms with Crippen LogP contribution in [0.2, 0.25) is 0 Å². The lowest BCUT2D eigenvalue weighted by Gasteiger charge is -2.55. The third-order valence-corrected chi connectivity index (χ3v) is 5.59. The smallest absolute Gasteiger partial charge is 0.320 e. The molecule has 112 valence electrons. The van der Waals surface area contributed by atoms with Gasteiger partial charge in [-0.3, -0.25) is 14.6 Å². The molecule has 0 radical (unpaired) electrons. The molecule has 4 bridgehead atoms. The lowest BCUT2D eigenvalue weighted by Crippen LogP contribution is -2.52. The number of amides is 1.